The van der Waals surface area contributed by atoms with Crippen LogP contribution >= 0.6 is 0 Å². The van der Waals surface area contributed by atoms with Crippen molar-refractivity contribution in [1.82, 2.24) is 4.90 Å². The van der Waals surface area contributed by atoms with E-state index in [0.29, 0.717) is 0 Å². The van der Waals surface area contributed by atoms with E-state index in [9.17, 15) is 0 Å². The van der Waals surface area contributed by atoms with Crippen molar-refractivity contribution >= 4 is 5.96 Å². The first-order chi connectivity index (χ1) is 5.09. The fourth-order valence-electron chi connectivity index (χ4n) is 1.37. The lowest BCUT2D eigenvalue weighted by Gasteiger charge is -2.35. The Morgan fingerprint density at radius 3 is 2.27 bits per heavy atom. The summed E-state index contributed by atoms with van der Waals surface area (Å²) in [5.41, 5.74) is 5.35. The molecule has 1 aliphatic heterocycles. The molecule has 0 bridgehead atoms. The van der Waals surface area contributed by atoms with Crippen molar-refractivity contribution in [2.45, 2.75) is 26.1 Å². The summed E-state index contributed by atoms with van der Waals surface area (Å²) < 4.78 is 5.47. The molecule has 1 heterocycles. The summed E-state index contributed by atoms with van der Waals surface area (Å²) in [5.74, 6) is 0.145. The van der Waals surface area contributed by atoms with E-state index in [-0.39, 0.29) is 18.2 Å². The standard InChI is InChI=1S/C7H15N3O/c1-5-3-10(7(8)9)4-6(2)11-5/h5-6H,3-4H2,1-2H3,(H3,8,9). The van der Waals surface area contributed by atoms with Gasteiger partial charge in [-0.1, -0.05) is 0 Å². The van der Waals surface area contributed by atoms with Crippen LogP contribution in [0.2, 0.25) is 0 Å². The number of nitrogens with one attached hydrogen (secondary N) is 1. The van der Waals surface area contributed by atoms with Crippen molar-refractivity contribution in [1.29, 1.82) is 5.41 Å². The smallest absolute Gasteiger partial charge is 0.188 e. The molecule has 1 fully saturated rings. The summed E-state index contributed by atoms with van der Waals surface area (Å²) in [5, 5.41) is 7.22. The van der Waals surface area contributed by atoms with Gasteiger partial charge in [0.25, 0.3) is 0 Å². The Labute approximate surface area is 66.8 Å². The van der Waals surface area contributed by atoms with E-state index >= 15 is 0 Å². The molecular formula is C7H15N3O. The molecule has 0 aromatic heterocycles. The third-order valence-corrected chi connectivity index (χ3v) is 1.76. The molecule has 3 N–H and O–H groups in total. The van der Waals surface area contributed by atoms with Crippen LogP contribution in [0.3, 0.4) is 0 Å². The lowest BCUT2D eigenvalue weighted by molar-refractivity contribution is -0.0485. The summed E-state index contributed by atoms with van der Waals surface area (Å²) >= 11 is 0. The van der Waals surface area contributed by atoms with E-state index in [2.05, 4.69) is 0 Å². The molecule has 2 unspecified atom stereocenters. The topological polar surface area (TPSA) is 62.3 Å². The van der Waals surface area contributed by atoms with E-state index in [1.165, 1.54) is 0 Å². The zero-order valence-electron chi connectivity index (χ0n) is 7.00. The van der Waals surface area contributed by atoms with Gasteiger partial charge in [-0.05, 0) is 13.8 Å². The van der Waals surface area contributed by atoms with Crippen molar-refractivity contribution in [3.63, 3.8) is 0 Å². The highest BCUT2D eigenvalue weighted by Crippen LogP contribution is 2.09. The van der Waals surface area contributed by atoms with Gasteiger partial charge in [-0.15, -0.1) is 0 Å². The molecule has 0 spiro atoms. The third kappa shape index (κ3) is 2.08. The number of ether oxygens (including phenoxy) is 1. The first kappa shape index (κ1) is 8.33. The molecule has 0 aromatic carbocycles. The van der Waals surface area contributed by atoms with E-state index in [4.69, 9.17) is 15.9 Å². The molecule has 4 heteroatoms. The normalized spacial score (nSPS) is 32.0. The largest absolute Gasteiger partial charge is 0.372 e. The average molecular weight is 157 g/mol. The summed E-state index contributed by atoms with van der Waals surface area (Å²) in [6, 6.07) is 0. The molecular weight excluding hydrogens is 142 g/mol. The molecule has 4 nitrogen and oxygen atoms in total. The van der Waals surface area contributed by atoms with Crippen molar-refractivity contribution < 1.29 is 4.74 Å². The maximum atomic E-state index is 7.22. The summed E-state index contributed by atoms with van der Waals surface area (Å²) in [6.45, 7) is 5.45. The van der Waals surface area contributed by atoms with Gasteiger partial charge in [-0.2, -0.15) is 0 Å². The molecule has 11 heavy (non-hydrogen) atoms. The van der Waals surface area contributed by atoms with Gasteiger partial charge in [0.15, 0.2) is 5.96 Å². The summed E-state index contributed by atoms with van der Waals surface area (Å²) in [4.78, 5) is 1.83. The number of hydrogen-bond acceptors (Lipinski definition) is 2. The van der Waals surface area contributed by atoms with Crippen LogP contribution in [-0.4, -0.2) is 36.2 Å². The van der Waals surface area contributed by atoms with Crippen LogP contribution < -0.4 is 5.73 Å². The highest BCUT2D eigenvalue weighted by molar-refractivity contribution is 5.74. The molecule has 0 aromatic rings. The lowest BCUT2D eigenvalue weighted by atomic mass is 10.2. The maximum absolute atomic E-state index is 7.22. The highest BCUT2D eigenvalue weighted by Gasteiger charge is 2.22. The average Bonchev–Trinajstić information content (AvgIpc) is 1.85. The minimum atomic E-state index is 0.145. The monoisotopic (exact) mass is 157 g/mol. The summed E-state index contributed by atoms with van der Waals surface area (Å²) in [6.07, 6.45) is 0.366. The first-order valence-electron chi connectivity index (χ1n) is 3.84. The van der Waals surface area contributed by atoms with Gasteiger partial charge >= 0.3 is 0 Å². The van der Waals surface area contributed by atoms with Crippen molar-refractivity contribution in [2.75, 3.05) is 13.1 Å². The molecule has 1 rings (SSSR count). The molecule has 2 atom stereocenters. The number of guanidine groups is 1. The minimum Gasteiger partial charge on any atom is -0.372 e. The van der Waals surface area contributed by atoms with Crippen LogP contribution in [0, 0.1) is 5.41 Å². The quantitative estimate of drug-likeness (QED) is 0.384. The second-order valence-electron chi connectivity index (χ2n) is 3.05. The number of nitrogens with two attached hydrogens (primary N) is 1. The molecule has 0 radical (unpaired) electrons. The van der Waals surface area contributed by atoms with Crippen LogP contribution in [0.1, 0.15) is 13.8 Å². The molecule has 0 amide bonds. The SMILES string of the molecule is CC1CN(C(=N)N)CC(C)O1. The van der Waals surface area contributed by atoms with Crippen LogP contribution in [0.25, 0.3) is 0 Å². The maximum Gasteiger partial charge on any atom is 0.188 e. The van der Waals surface area contributed by atoms with Gasteiger partial charge in [0, 0.05) is 13.1 Å². The predicted molar refractivity (Wildman–Crippen MR) is 43.5 cm³/mol. The Morgan fingerprint density at radius 2 is 1.91 bits per heavy atom. The van der Waals surface area contributed by atoms with Gasteiger partial charge in [0.2, 0.25) is 0 Å². The number of rotatable bonds is 0. The molecule has 64 valence electrons. The molecule has 0 saturated carbocycles. The van der Waals surface area contributed by atoms with Crippen LogP contribution in [-0.2, 0) is 4.74 Å². The molecule has 1 saturated heterocycles. The molecule has 0 aliphatic carbocycles. The Kier molecular flexibility index (Phi) is 2.34. The number of hydrogen-bond donors (Lipinski definition) is 2. The first-order valence-corrected chi connectivity index (χ1v) is 3.84. The van der Waals surface area contributed by atoms with Crippen LogP contribution in [0.4, 0.5) is 0 Å². The second kappa shape index (κ2) is 3.09. The van der Waals surface area contributed by atoms with Gasteiger partial charge in [0.05, 0.1) is 12.2 Å². The molecule has 1 aliphatic rings. The Bertz CT molecular complexity index is 150. The van der Waals surface area contributed by atoms with Crippen molar-refractivity contribution in [3.8, 4) is 0 Å². The van der Waals surface area contributed by atoms with Crippen molar-refractivity contribution in [2.24, 2.45) is 5.73 Å². The predicted octanol–water partition coefficient (Wildman–Crippen LogP) is -0.0109. The van der Waals surface area contributed by atoms with Crippen LogP contribution in [0.5, 0.6) is 0 Å². The summed E-state index contributed by atoms with van der Waals surface area (Å²) in [7, 11) is 0. The zero-order valence-corrected chi connectivity index (χ0v) is 7.00. The highest BCUT2D eigenvalue weighted by atomic mass is 16.5. The third-order valence-electron chi connectivity index (χ3n) is 1.76. The van der Waals surface area contributed by atoms with Gasteiger partial charge < -0.3 is 15.4 Å². The van der Waals surface area contributed by atoms with Gasteiger partial charge in [-0.3, -0.25) is 5.41 Å². The Hall–Kier alpha value is -0.770. The Morgan fingerprint density at radius 1 is 1.45 bits per heavy atom. The minimum absolute atomic E-state index is 0.145. The van der Waals surface area contributed by atoms with Gasteiger partial charge in [-0.25, -0.2) is 0 Å². The lowest BCUT2D eigenvalue weighted by Crippen LogP contribution is -2.50. The fourth-order valence-corrected chi connectivity index (χ4v) is 1.37. The number of nitrogens with zero attached hydrogens (tertiary/aromatic N) is 1. The second-order valence-corrected chi connectivity index (χ2v) is 3.05. The van der Waals surface area contributed by atoms with E-state index in [1.807, 2.05) is 18.7 Å². The zero-order chi connectivity index (χ0) is 8.43. The van der Waals surface area contributed by atoms with E-state index in [0.717, 1.165) is 13.1 Å². The Balaban J connectivity index is 2.49. The fraction of sp³-hybridized carbons (Fsp3) is 0.857. The van der Waals surface area contributed by atoms with Crippen LogP contribution in [0.15, 0.2) is 0 Å². The van der Waals surface area contributed by atoms with E-state index in [1.54, 1.807) is 0 Å². The number of morpholine rings is 1. The van der Waals surface area contributed by atoms with Crippen molar-refractivity contribution in [3.05, 3.63) is 0 Å². The van der Waals surface area contributed by atoms with Gasteiger partial charge in [0.1, 0.15) is 0 Å². The van der Waals surface area contributed by atoms with E-state index < -0.39 is 0 Å².